The number of amides is 3. The SMILES string of the molecule is C=CCN(Cc1ccc(C#N)cc1)C(=O)CNC(=O)C1c2ccccc2C(=O)N1C1CC1. The first-order valence-corrected chi connectivity index (χ1v) is 10.6. The van der Waals surface area contributed by atoms with Gasteiger partial charge < -0.3 is 15.1 Å². The Morgan fingerprint density at radius 3 is 2.56 bits per heavy atom. The molecule has 0 saturated heterocycles. The maximum absolute atomic E-state index is 13.1. The quantitative estimate of drug-likeness (QED) is 0.654. The standard InChI is InChI=1S/C25H24N4O3/c1-2-13-28(16-18-9-7-17(14-26)8-10-18)22(30)15-27-24(31)23-20-5-3-4-6-21(20)25(32)29(23)19-11-12-19/h2-10,19,23H,1,11-13,15-16H2,(H,27,31). The number of carbonyl (C=O) groups excluding carboxylic acids is 3. The Kier molecular flexibility index (Phi) is 6.04. The highest BCUT2D eigenvalue weighted by atomic mass is 16.2. The van der Waals surface area contributed by atoms with Crippen molar-refractivity contribution in [3.63, 3.8) is 0 Å². The Balaban J connectivity index is 1.43. The summed E-state index contributed by atoms with van der Waals surface area (Å²) in [6.07, 6.45) is 3.41. The van der Waals surface area contributed by atoms with Crippen molar-refractivity contribution in [3.05, 3.63) is 83.4 Å². The van der Waals surface area contributed by atoms with Gasteiger partial charge in [0.2, 0.25) is 11.8 Å². The van der Waals surface area contributed by atoms with Crippen LogP contribution in [0.4, 0.5) is 0 Å². The molecule has 0 spiro atoms. The van der Waals surface area contributed by atoms with Crippen molar-refractivity contribution in [2.45, 2.75) is 31.5 Å². The third-order valence-corrected chi connectivity index (χ3v) is 5.76. The highest BCUT2D eigenvalue weighted by molar-refractivity contribution is 6.05. The van der Waals surface area contributed by atoms with Gasteiger partial charge in [-0.25, -0.2) is 0 Å². The smallest absolute Gasteiger partial charge is 0.255 e. The van der Waals surface area contributed by atoms with Gasteiger partial charge in [0, 0.05) is 24.7 Å². The second kappa shape index (κ2) is 9.06. The molecule has 162 valence electrons. The normalized spacial score (nSPS) is 16.8. The van der Waals surface area contributed by atoms with E-state index in [0.717, 1.165) is 18.4 Å². The molecule has 1 saturated carbocycles. The molecule has 1 heterocycles. The van der Waals surface area contributed by atoms with Gasteiger partial charge in [-0.05, 0) is 42.2 Å². The molecule has 32 heavy (non-hydrogen) atoms. The third kappa shape index (κ3) is 4.26. The van der Waals surface area contributed by atoms with Crippen molar-refractivity contribution < 1.29 is 14.4 Å². The van der Waals surface area contributed by atoms with E-state index in [1.807, 2.05) is 6.07 Å². The van der Waals surface area contributed by atoms with Gasteiger partial charge >= 0.3 is 0 Å². The number of hydrogen-bond acceptors (Lipinski definition) is 4. The maximum atomic E-state index is 13.1. The molecule has 0 bridgehead atoms. The molecule has 1 atom stereocenters. The van der Waals surface area contributed by atoms with Crippen LogP contribution in [0.2, 0.25) is 0 Å². The van der Waals surface area contributed by atoms with Gasteiger partial charge in [0.1, 0.15) is 6.04 Å². The first-order valence-electron chi connectivity index (χ1n) is 10.6. The van der Waals surface area contributed by atoms with Gasteiger partial charge in [-0.3, -0.25) is 14.4 Å². The van der Waals surface area contributed by atoms with E-state index in [2.05, 4.69) is 18.0 Å². The number of carbonyl (C=O) groups is 3. The van der Waals surface area contributed by atoms with Crippen molar-refractivity contribution in [2.24, 2.45) is 0 Å². The molecule has 1 unspecified atom stereocenters. The molecule has 1 aliphatic carbocycles. The Bertz CT molecular complexity index is 1100. The second-order valence-corrected chi connectivity index (χ2v) is 8.02. The van der Waals surface area contributed by atoms with E-state index >= 15 is 0 Å². The van der Waals surface area contributed by atoms with Gasteiger partial charge in [-0.2, -0.15) is 5.26 Å². The fourth-order valence-corrected chi connectivity index (χ4v) is 4.02. The minimum Gasteiger partial charge on any atom is -0.345 e. The number of fused-ring (bicyclic) bond motifs is 1. The molecule has 1 fully saturated rings. The number of nitrogens with zero attached hydrogens (tertiary/aromatic N) is 3. The lowest BCUT2D eigenvalue weighted by Gasteiger charge is -2.25. The van der Waals surface area contributed by atoms with Crippen molar-refractivity contribution in [3.8, 4) is 6.07 Å². The van der Waals surface area contributed by atoms with Gasteiger partial charge in [-0.1, -0.05) is 36.4 Å². The largest absolute Gasteiger partial charge is 0.345 e. The van der Waals surface area contributed by atoms with Crippen LogP contribution in [-0.4, -0.2) is 46.7 Å². The average molecular weight is 428 g/mol. The van der Waals surface area contributed by atoms with Crippen LogP contribution >= 0.6 is 0 Å². The van der Waals surface area contributed by atoms with Crippen LogP contribution in [0.3, 0.4) is 0 Å². The molecule has 2 aromatic rings. The summed E-state index contributed by atoms with van der Waals surface area (Å²) in [4.78, 5) is 42.0. The molecule has 2 aliphatic rings. The molecule has 1 N–H and O–H groups in total. The first-order chi connectivity index (χ1) is 15.5. The minimum atomic E-state index is -0.703. The summed E-state index contributed by atoms with van der Waals surface area (Å²) in [5.41, 5.74) is 2.67. The zero-order valence-corrected chi connectivity index (χ0v) is 17.7. The monoisotopic (exact) mass is 428 g/mol. The molecular formula is C25H24N4O3. The van der Waals surface area contributed by atoms with Gasteiger partial charge in [0.05, 0.1) is 18.2 Å². The predicted molar refractivity (Wildman–Crippen MR) is 118 cm³/mol. The molecule has 2 aromatic carbocycles. The van der Waals surface area contributed by atoms with Gasteiger partial charge in [0.25, 0.3) is 5.91 Å². The summed E-state index contributed by atoms with van der Waals surface area (Å²) < 4.78 is 0. The summed E-state index contributed by atoms with van der Waals surface area (Å²) in [6.45, 7) is 4.20. The van der Waals surface area contributed by atoms with Crippen molar-refractivity contribution >= 4 is 17.7 Å². The van der Waals surface area contributed by atoms with Crippen LogP contribution in [0, 0.1) is 11.3 Å². The number of rotatable bonds is 8. The summed E-state index contributed by atoms with van der Waals surface area (Å²) >= 11 is 0. The lowest BCUT2D eigenvalue weighted by atomic mass is 10.0. The molecule has 7 nitrogen and oxygen atoms in total. The molecule has 1 aliphatic heterocycles. The van der Waals surface area contributed by atoms with Crippen molar-refractivity contribution in [2.75, 3.05) is 13.1 Å². The van der Waals surface area contributed by atoms with Crippen molar-refractivity contribution in [1.82, 2.24) is 15.1 Å². The average Bonchev–Trinajstić information content (AvgIpc) is 3.61. The van der Waals surface area contributed by atoms with Crippen LogP contribution in [0.5, 0.6) is 0 Å². The number of nitrogens with one attached hydrogen (secondary N) is 1. The fourth-order valence-electron chi connectivity index (χ4n) is 4.02. The van der Waals surface area contributed by atoms with Crippen molar-refractivity contribution in [1.29, 1.82) is 5.26 Å². The highest BCUT2D eigenvalue weighted by Gasteiger charge is 2.47. The molecule has 0 aromatic heterocycles. The zero-order chi connectivity index (χ0) is 22.7. The molecule has 4 rings (SSSR count). The first kappa shape index (κ1) is 21.3. The predicted octanol–water partition coefficient (Wildman–Crippen LogP) is 2.55. The van der Waals surface area contributed by atoms with Crippen LogP contribution in [-0.2, 0) is 16.1 Å². The van der Waals surface area contributed by atoms with Crippen LogP contribution < -0.4 is 5.32 Å². The number of nitriles is 1. The van der Waals surface area contributed by atoms with E-state index in [1.165, 1.54) is 0 Å². The fraction of sp³-hybridized carbons (Fsp3) is 0.280. The van der Waals surface area contributed by atoms with E-state index in [4.69, 9.17) is 5.26 Å². The van der Waals surface area contributed by atoms with Gasteiger partial charge in [0.15, 0.2) is 0 Å². The number of benzene rings is 2. The highest BCUT2D eigenvalue weighted by Crippen LogP contribution is 2.41. The van der Waals surface area contributed by atoms with E-state index in [0.29, 0.717) is 29.8 Å². The van der Waals surface area contributed by atoms with E-state index in [-0.39, 0.29) is 30.3 Å². The summed E-state index contributed by atoms with van der Waals surface area (Å²) in [6, 6.07) is 15.6. The maximum Gasteiger partial charge on any atom is 0.255 e. The Labute approximate surface area is 186 Å². The minimum absolute atomic E-state index is 0.0787. The molecule has 3 amide bonds. The number of hydrogen-bond donors (Lipinski definition) is 1. The zero-order valence-electron chi connectivity index (χ0n) is 17.7. The molecular weight excluding hydrogens is 404 g/mol. The summed E-state index contributed by atoms with van der Waals surface area (Å²) in [7, 11) is 0. The summed E-state index contributed by atoms with van der Waals surface area (Å²) in [5, 5.41) is 11.7. The van der Waals surface area contributed by atoms with Crippen LogP contribution in [0.1, 0.15) is 45.9 Å². The lowest BCUT2D eigenvalue weighted by Crippen LogP contribution is -2.44. The Morgan fingerprint density at radius 1 is 1.19 bits per heavy atom. The molecule has 0 radical (unpaired) electrons. The topological polar surface area (TPSA) is 93.5 Å². The molecule has 7 heteroatoms. The van der Waals surface area contributed by atoms with Crippen LogP contribution in [0.15, 0.2) is 61.2 Å². The second-order valence-electron chi connectivity index (χ2n) is 8.02. The van der Waals surface area contributed by atoms with E-state index in [9.17, 15) is 14.4 Å². The van der Waals surface area contributed by atoms with Crippen LogP contribution in [0.25, 0.3) is 0 Å². The van der Waals surface area contributed by atoms with E-state index in [1.54, 1.807) is 58.3 Å². The Hall–Kier alpha value is -3.92. The summed E-state index contributed by atoms with van der Waals surface area (Å²) in [5.74, 6) is -0.720. The Morgan fingerprint density at radius 2 is 1.91 bits per heavy atom. The lowest BCUT2D eigenvalue weighted by molar-refractivity contribution is -0.134. The third-order valence-electron chi connectivity index (χ3n) is 5.76. The van der Waals surface area contributed by atoms with Gasteiger partial charge in [-0.15, -0.1) is 6.58 Å². The van der Waals surface area contributed by atoms with E-state index < -0.39 is 6.04 Å².